The van der Waals surface area contributed by atoms with Crippen molar-refractivity contribution in [2.24, 2.45) is 0 Å². The number of halogens is 1. The number of thiophene rings is 1. The van der Waals surface area contributed by atoms with Crippen molar-refractivity contribution in [3.8, 4) is 5.75 Å². The largest absolute Gasteiger partial charge is 0.482 e. The number of carbonyl (C=O) groups is 2. The smallest absolute Gasteiger partial charge is 0.344 e. The predicted molar refractivity (Wildman–Crippen MR) is 88.8 cm³/mol. The van der Waals surface area contributed by atoms with Crippen molar-refractivity contribution in [2.45, 2.75) is 13.0 Å². The second kappa shape index (κ2) is 8.55. The molecule has 0 unspecified atom stereocenters. The van der Waals surface area contributed by atoms with Crippen LogP contribution >= 0.6 is 22.9 Å². The molecular weight excluding hydrogens is 338 g/mol. The molecule has 1 atom stereocenters. The summed E-state index contributed by atoms with van der Waals surface area (Å²) >= 11 is 7.36. The SMILES string of the molecule is C[C@H](NC(=O)COC(=O)COc1cccc(Cl)c1)c1cccs1. The van der Waals surface area contributed by atoms with Gasteiger partial charge in [-0.05, 0) is 36.6 Å². The van der Waals surface area contributed by atoms with Gasteiger partial charge in [-0.15, -0.1) is 11.3 Å². The number of nitrogens with one attached hydrogen (secondary N) is 1. The van der Waals surface area contributed by atoms with Gasteiger partial charge in [0.05, 0.1) is 6.04 Å². The first-order chi connectivity index (χ1) is 11.0. The molecule has 23 heavy (non-hydrogen) atoms. The fraction of sp³-hybridized carbons (Fsp3) is 0.250. The average Bonchev–Trinajstić information content (AvgIpc) is 3.05. The molecule has 0 aliphatic carbocycles. The zero-order valence-corrected chi connectivity index (χ0v) is 14.0. The van der Waals surface area contributed by atoms with Crippen LogP contribution < -0.4 is 10.1 Å². The number of esters is 1. The van der Waals surface area contributed by atoms with E-state index in [0.717, 1.165) is 4.88 Å². The predicted octanol–water partition coefficient (Wildman–Crippen LogP) is 3.20. The molecule has 0 aliphatic rings. The third-order valence-electron chi connectivity index (χ3n) is 2.86. The Balaban J connectivity index is 1.68. The highest BCUT2D eigenvalue weighted by molar-refractivity contribution is 7.10. The first-order valence-electron chi connectivity index (χ1n) is 6.91. The zero-order valence-electron chi connectivity index (χ0n) is 12.5. The monoisotopic (exact) mass is 353 g/mol. The number of hydrogen-bond donors (Lipinski definition) is 1. The summed E-state index contributed by atoms with van der Waals surface area (Å²) in [7, 11) is 0. The zero-order chi connectivity index (χ0) is 16.7. The Bertz CT molecular complexity index is 660. The molecule has 1 heterocycles. The van der Waals surface area contributed by atoms with Crippen LogP contribution in [0.1, 0.15) is 17.8 Å². The van der Waals surface area contributed by atoms with Gasteiger partial charge in [0.15, 0.2) is 13.2 Å². The van der Waals surface area contributed by atoms with Crippen LogP contribution in [0, 0.1) is 0 Å². The molecule has 0 saturated heterocycles. The van der Waals surface area contributed by atoms with Gasteiger partial charge in [-0.1, -0.05) is 23.7 Å². The molecule has 1 aromatic heterocycles. The van der Waals surface area contributed by atoms with E-state index in [1.165, 1.54) is 0 Å². The highest BCUT2D eigenvalue weighted by atomic mass is 35.5. The van der Waals surface area contributed by atoms with Crippen LogP contribution in [0.25, 0.3) is 0 Å². The lowest BCUT2D eigenvalue weighted by Gasteiger charge is -2.12. The molecule has 122 valence electrons. The Hall–Kier alpha value is -2.05. The number of rotatable bonds is 7. The highest BCUT2D eigenvalue weighted by Gasteiger charge is 2.12. The summed E-state index contributed by atoms with van der Waals surface area (Å²) in [5.74, 6) is -0.517. The second-order valence-corrected chi connectivity index (χ2v) is 6.13. The lowest BCUT2D eigenvalue weighted by Crippen LogP contribution is -2.31. The van der Waals surface area contributed by atoms with Crippen LogP contribution in [-0.4, -0.2) is 25.1 Å². The summed E-state index contributed by atoms with van der Waals surface area (Å²) in [6, 6.07) is 10.4. The van der Waals surface area contributed by atoms with Crippen LogP contribution in [0.15, 0.2) is 41.8 Å². The first kappa shape index (κ1) is 17.3. The van der Waals surface area contributed by atoms with E-state index in [1.807, 2.05) is 24.4 Å². The van der Waals surface area contributed by atoms with Gasteiger partial charge in [0.2, 0.25) is 0 Å². The maximum absolute atomic E-state index is 11.7. The minimum atomic E-state index is -0.621. The Morgan fingerprint density at radius 2 is 2.09 bits per heavy atom. The lowest BCUT2D eigenvalue weighted by molar-refractivity contribution is -0.150. The Morgan fingerprint density at radius 3 is 2.78 bits per heavy atom. The number of hydrogen-bond acceptors (Lipinski definition) is 5. The van der Waals surface area contributed by atoms with Crippen molar-refractivity contribution in [3.63, 3.8) is 0 Å². The van der Waals surface area contributed by atoms with Gasteiger partial charge in [0.1, 0.15) is 5.75 Å². The third kappa shape index (κ3) is 5.92. The number of benzene rings is 1. The molecule has 0 bridgehead atoms. The normalized spacial score (nSPS) is 11.6. The van der Waals surface area contributed by atoms with Crippen LogP contribution in [-0.2, 0) is 14.3 Å². The molecule has 1 aromatic carbocycles. The van der Waals surface area contributed by atoms with Gasteiger partial charge in [-0.25, -0.2) is 4.79 Å². The van der Waals surface area contributed by atoms with Crippen LogP contribution in [0.5, 0.6) is 5.75 Å². The number of carbonyl (C=O) groups excluding carboxylic acids is 2. The van der Waals surface area contributed by atoms with Crippen molar-refractivity contribution < 1.29 is 19.1 Å². The van der Waals surface area contributed by atoms with Gasteiger partial charge in [-0.2, -0.15) is 0 Å². The molecule has 2 rings (SSSR count). The molecule has 0 spiro atoms. The molecule has 7 heteroatoms. The van der Waals surface area contributed by atoms with E-state index in [4.69, 9.17) is 21.1 Å². The standard InChI is InChI=1S/C16H16ClNO4S/c1-11(14-6-3-7-23-14)18-15(19)9-22-16(20)10-21-13-5-2-4-12(17)8-13/h2-8,11H,9-10H2,1H3,(H,18,19)/t11-/m0/s1. The number of amides is 1. The van der Waals surface area contributed by atoms with Crippen molar-refractivity contribution in [1.29, 1.82) is 0 Å². The molecule has 5 nitrogen and oxygen atoms in total. The molecule has 0 aliphatic heterocycles. The summed E-state index contributed by atoms with van der Waals surface area (Å²) in [4.78, 5) is 24.3. The fourth-order valence-corrected chi connectivity index (χ4v) is 2.69. The maximum Gasteiger partial charge on any atom is 0.344 e. The maximum atomic E-state index is 11.7. The molecule has 1 N–H and O–H groups in total. The molecular formula is C16H16ClNO4S. The Morgan fingerprint density at radius 1 is 1.26 bits per heavy atom. The summed E-state index contributed by atoms with van der Waals surface area (Å²) in [6.45, 7) is 1.25. The van der Waals surface area contributed by atoms with Gasteiger partial charge < -0.3 is 14.8 Å². The minimum Gasteiger partial charge on any atom is -0.482 e. The molecule has 1 amide bonds. The van der Waals surface area contributed by atoms with Gasteiger partial charge >= 0.3 is 5.97 Å². The van der Waals surface area contributed by atoms with Crippen molar-refractivity contribution in [3.05, 3.63) is 51.7 Å². The summed E-state index contributed by atoms with van der Waals surface area (Å²) < 4.78 is 10.1. The molecule has 0 fully saturated rings. The van der Waals surface area contributed by atoms with E-state index in [2.05, 4.69) is 5.32 Å². The molecule has 2 aromatic rings. The van der Waals surface area contributed by atoms with Crippen molar-refractivity contribution in [2.75, 3.05) is 13.2 Å². The van der Waals surface area contributed by atoms with E-state index in [1.54, 1.807) is 35.6 Å². The third-order valence-corrected chi connectivity index (χ3v) is 4.15. The van der Waals surface area contributed by atoms with Gasteiger partial charge in [0, 0.05) is 9.90 Å². The Kier molecular flexibility index (Phi) is 6.43. The van der Waals surface area contributed by atoms with E-state index in [-0.39, 0.29) is 25.2 Å². The van der Waals surface area contributed by atoms with Crippen LogP contribution in [0.4, 0.5) is 0 Å². The van der Waals surface area contributed by atoms with Crippen LogP contribution in [0.2, 0.25) is 5.02 Å². The Labute approximate surface area is 143 Å². The van der Waals surface area contributed by atoms with E-state index in [9.17, 15) is 9.59 Å². The number of ether oxygens (including phenoxy) is 2. The van der Waals surface area contributed by atoms with Gasteiger partial charge in [0.25, 0.3) is 5.91 Å². The highest BCUT2D eigenvalue weighted by Crippen LogP contribution is 2.18. The molecule has 0 radical (unpaired) electrons. The quantitative estimate of drug-likeness (QED) is 0.776. The second-order valence-electron chi connectivity index (χ2n) is 4.71. The average molecular weight is 354 g/mol. The van der Waals surface area contributed by atoms with E-state index < -0.39 is 5.97 Å². The van der Waals surface area contributed by atoms with Crippen molar-refractivity contribution in [1.82, 2.24) is 5.32 Å². The lowest BCUT2D eigenvalue weighted by atomic mass is 10.3. The van der Waals surface area contributed by atoms with Gasteiger partial charge in [-0.3, -0.25) is 4.79 Å². The summed E-state index contributed by atoms with van der Waals surface area (Å²) in [5.41, 5.74) is 0. The van der Waals surface area contributed by atoms with E-state index >= 15 is 0 Å². The van der Waals surface area contributed by atoms with E-state index in [0.29, 0.717) is 10.8 Å². The molecule has 0 saturated carbocycles. The first-order valence-corrected chi connectivity index (χ1v) is 8.17. The topological polar surface area (TPSA) is 64.6 Å². The fourth-order valence-electron chi connectivity index (χ4n) is 1.78. The summed E-state index contributed by atoms with van der Waals surface area (Å²) in [5, 5.41) is 5.20. The minimum absolute atomic E-state index is 0.121. The van der Waals surface area contributed by atoms with Crippen molar-refractivity contribution >= 4 is 34.8 Å². The van der Waals surface area contributed by atoms with Crippen LogP contribution in [0.3, 0.4) is 0 Å². The summed E-state index contributed by atoms with van der Waals surface area (Å²) in [6.07, 6.45) is 0.